The third-order valence-corrected chi connectivity index (χ3v) is 17.9. The van der Waals surface area contributed by atoms with Gasteiger partial charge in [-0.2, -0.15) is 0 Å². The Morgan fingerprint density at radius 1 is 1.12 bits per heavy atom. The molecule has 1 aromatic carbocycles. The molecular formula is C48H54N11O13S4+. The van der Waals surface area contributed by atoms with Gasteiger partial charge in [-0.15, -0.1) is 23.1 Å². The zero-order valence-corrected chi connectivity index (χ0v) is 45.1. The molecule has 3 aliphatic heterocycles. The van der Waals surface area contributed by atoms with Crippen molar-refractivity contribution in [3.8, 4) is 17.0 Å². The van der Waals surface area contributed by atoms with E-state index in [1.807, 2.05) is 41.5 Å². The Kier molecular flexibility index (Phi) is 15.2. The molecule has 3 fully saturated rings. The maximum atomic E-state index is 14.6. The summed E-state index contributed by atoms with van der Waals surface area (Å²) in [4.78, 5) is 112. The fraction of sp³-hybridized carbons (Fsp3) is 0.417. The van der Waals surface area contributed by atoms with Crippen molar-refractivity contribution in [2.45, 2.75) is 71.9 Å². The monoisotopic (exact) mass is 1120 g/mol. The van der Waals surface area contributed by atoms with Gasteiger partial charge >= 0.3 is 11.9 Å². The lowest BCUT2D eigenvalue weighted by Crippen LogP contribution is -2.71. The zero-order chi connectivity index (χ0) is 54.8. The Morgan fingerprint density at radius 2 is 1.84 bits per heavy atom. The number of carbonyl (C=O) groups excluding carboxylic acids is 7. The standard InChI is InChI=1S/C48H53N11O13S4/c1-8-70-54-31(40-53-46(50)76-55-40)41(65)52-32-42(66)59-34(27(18-73-43(32)59)75-47-51-24(17-74-47)20-11-13-58(7)14-12-20)45(68)71-19(2)44(67)72-26-10-9-25(56(3)4)22-15-21-16-23-33(57(5)6)36(61)30(39(49)64)38(63)48(23,69)37(62)28(21)35(60)29(22)26/h9-14,17,19,21,23,32-33,40,43,46,53,55,69H,8,15-16,18,50H2,1-7H3,(H4-,49,52,60,61,62,63,64,65)/p+1/b54-31+/t19?,21-,23-,32-,33-,40?,43?,46?,48-/m1/s1. The molecule has 1 saturated carbocycles. The molecule has 10 N–H and O–H groups in total. The average molecular weight is 1120 g/mol. The second-order valence-electron chi connectivity index (χ2n) is 18.9. The highest BCUT2D eigenvalue weighted by Crippen LogP contribution is 2.54. The van der Waals surface area contributed by atoms with Gasteiger partial charge in [0.2, 0.25) is 5.78 Å². The molecule has 9 rings (SSSR count). The summed E-state index contributed by atoms with van der Waals surface area (Å²) in [6.07, 6.45) is 1.19. The number of nitrogens with zero attached hydrogens (tertiary/aromatic N) is 6. The van der Waals surface area contributed by atoms with Gasteiger partial charge in [-0.3, -0.25) is 39.1 Å². The molecule has 0 bridgehead atoms. The fourth-order valence-corrected chi connectivity index (χ4v) is 14.3. The number of fused-ring (bicyclic) bond motifs is 4. The van der Waals surface area contributed by atoms with Gasteiger partial charge in [0.1, 0.15) is 65.3 Å². The number of nitrogens with two attached hydrogens (primary N) is 2. The Morgan fingerprint density at radius 3 is 2.49 bits per heavy atom. The number of aliphatic hydroxyl groups is 3. The van der Waals surface area contributed by atoms with E-state index in [1.165, 1.54) is 60.0 Å². The summed E-state index contributed by atoms with van der Waals surface area (Å²) >= 11 is 4.85. The van der Waals surface area contributed by atoms with E-state index in [4.69, 9.17) is 30.8 Å². The molecule has 402 valence electrons. The van der Waals surface area contributed by atoms with Crippen LogP contribution in [-0.4, -0.2) is 158 Å². The van der Waals surface area contributed by atoms with E-state index in [0.29, 0.717) is 26.2 Å². The van der Waals surface area contributed by atoms with Crippen molar-refractivity contribution in [1.82, 2.24) is 30.1 Å². The number of ketones is 2. The van der Waals surface area contributed by atoms with Crippen LogP contribution in [0.2, 0.25) is 0 Å². The lowest BCUT2D eigenvalue weighted by molar-refractivity contribution is -0.671. The van der Waals surface area contributed by atoms with E-state index in [-0.39, 0.29) is 53.5 Å². The van der Waals surface area contributed by atoms with Crippen molar-refractivity contribution in [3.05, 3.63) is 80.7 Å². The number of thioether (sulfide) groups is 2. The van der Waals surface area contributed by atoms with E-state index in [1.54, 1.807) is 32.0 Å². The van der Waals surface area contributed by atoms with Crippen molar-refractivity contribution < 1.29 is 67.8 Å². The lowest BCUT2D eigenvalue weighted by Gasteiger charge is -2.50. The Balaban J connectivity index is 1.01. The maximum Gasteiger partial charge on any atom is 0.356 e. The first kappa shape index (κ1) is 54.4. The van der Waals surface area contributed by atoms with Crippen LogP contribution >= 0.6 is 46.8 Å². The molecular weight excluding hydrogens is 1070 g/mol. The molecule has 4 unspecified atom stereocenters. The summed E-state index contributed by atoms with van der Waals surface area (Å²) in [6, 6.07) is 4.41. The van der Waals surface area contributed by atoms with Crippen LogP contribution in [0.4, 0.5) is 5.69 Å². The smallest absolute Gasteiger partial charge is 0.356 e. The SMILES string of the molecule is CCO/N=C(/C(=O)N[C@@H]1C(=O)N2C(C(=O)OC(C)C(=O)Oc3ccc(N(C)C)c4c3C(O)=C3C(=O)[C@@]5(O)C(O)=C(C(N)=O)C(=O)[C@H](N(C)C)[C@H]5C[C@H]3C4)=C(Sc3nc(-c4cc[n+](C)cc4)cs3)CSC12)C1NSC(N)N1. The molecule has 24 nitrogen and oxygen atoms in total. The van der Waals surface area contributed by atoms with Crippen molar-refractivity contribution in [3.63, 3.8) is 0 Å². The number of oxime groups is 1. The van der Waals surface area contributed by atoms with Gasteiger partial charge in [0.15, 0.2) is 39.9 Å². The molecule has 2 aromatic heterocycles. The van der Waals surface area contributed by atoms with Gasteiger partial charge in [-0.25, -0.2) is 23.9 Å². The number of esters is 2. The van der Waals surface area contributed by atoms with Crippen molar-refractivity contribution in [2.24, 2.45) is 35.5 Å². The predicted molar refractivity (Wildman–Crippen MR) is 279 cm³/mol. The number of rotatable bonds is 15. The number of primary amides is 1. The van der Waals surface area contributed by atoms with Gasteiger partial charge in [0.25, 0.3) is 17.7 Å². The van der Waals surface area contributed by atoms with Gasteiger partial charge in [0, 0.05) is 65.0 Å². The van der Waals surface area contributed by atoms with Gasteiger partial charge in [-0.1, -0.05) is 16.9 Å². The van der Waals surface area contributed by atoms with Crippen LogP contribution in [0, 0.1) is 11.8 Å². The Bertz CT molecular complexity index is 3110. The molecule has 5 heterocycles. The van der Waals surface area contributed by atoms with Gasteiger partial charge in [-0.05, 0) is 76.3 Å². The molecule has 0 radical (unpaired) electrons. The summed E-state index contributed by atoms with van der Waals surface area (Å²) in [5.41, 5.74) is 8.87. The number of Topliss-reactive ketones (excluding diaryl/α,β-unsaturated/α-hetero) is 2. The first-order chi connectivity index (χ1) is 36.1. The number of ether oxygens (including phenoxy) is 2. The van der Waals surface area contributed by atoms with E-state index in [0.717, 1.165) is 29.3 Å². The summed E-state index contributed by atoms with van der Waals surface area (Å²) in [5.74, 6) is -11.1. The molecule has 28 heteroatoms. The minimum atomic E-state index is -2.85. The molecule has 2 saturated heterocycles. The highest BCUT2D eigenvalue weighted by molar-refractivity contribution is 8.07. The maximum absolute atomic E-state index is 14.6. The van der Waals surface area contributed by atoms with Gasteiger partial charge < -0.3 is 51.3 Å². The number of hydrogen-bond acceptors (Lipinski definition) is 24. The number of aromatic nitrogens is 2. The van der Waals surface area contributed by atoms with Crippen LogP contribution < -0.4 is 41.0 Å². The van der Waals surface area contributed by atoms with Crippen LogP contribution in [-0.2, 0) is 56.6 Å². The van der Waals surface area contributed by atoms with Crippen molar-refractivity contribution in [2.75, 3.05) is 45.5 Å². The first-order valence-electron chi connectivity index (χ1n) is 23.7. The number of β-lactam (4-membered cyclic amide) rings is 1. The quantitative estimate of drug-likeness (QED) is 0.0148. The lowest BCUT2D eigenvalue weighted by atomic mass is 9.57. The summed E-state index contributed by atoms with van der Waals surface area (Å²) < 4.78 is 17.1. The highest BCUT2D eigenvalue weighted by Gasteiger charge is 2.64. The van der Waals surface area contributed by atoms with Crippen molar-refractivity contribution in [1.29, 1.82) is 0 Å². The molecule has 3 amide bonds. The summed E-state index contributed by atoms with van der Waals surface area (Å²) in [5, 5.41) is 46.4. The number of aryl methyl sites for hydroxylation is 1. The van der Waals surface area contributed by atoms with Crippen LogP contribution in [0.15, 0.2) is 79.0 Å². The number of anilines is 1. The number of benzene rings is 1. The number of hydrogen-bond donors (Lipinski definition) is 8. The van der Waals surface area contributed by atoms with E-state index in [9.17, 15) is 48.9 Å². The zero-order valence-electron chi connectivity index (χ0n) is 41.9. The van der Waals surface area contributed by atoms with E-state index >= 15 is 0 Å². The summed E-state index contributed by atoms with van der Waals surface area (Å²) in [7, 11) is 8.40. The second-order valence-corrected chi connectivity index (χ2v) is 23.2. The topological polar surface area (TPSA) is 335 Å². The predicted octanol–water partition coefficient (Wildman–Crippen LogP) is 0.315. The van der Waals surface area contributed by atoms with E-state index < -0.39 is 111 Å². The molecule has 3 aromatic rings. The minimum Gasteiger partial charge on any atom is -0.508 e. The molecule has 6 aliphatic rings. The molecule has 9 atom stereocenters. The van der Waals surface area contributed by atoms with Crippen LogP contribution in [0.1, 0.15) is 31.4 Å². The van der Waals surface area contributed by atoms with Crippen LogP contribution in [0.5, 0.6) is 5.75 Å². The van der Waals surface area contributed by atoms with Crippen LogP contribution in [0.25, 0.3) is 17.0 Å². The number of carbonyl (C=O) groups is 7. The molecule has 3 aliphatic carbocycles. The number of pyridine rings is 1. The minimum absolute atomic E-state index is 0.0317. The number of likely N-dealkylation sites (N-methyl/N-ethyl adjacent to an activating group) is 1. The van der Waals surface area contributed by atoms with E-state index in [2.05, 4.69) is 20.5 Å². The average Bonchev–Trinajstić information content (AvgIpc) is 4.10. The first-order valence-corrected chi connectivity index (χ1v) is 27.3. The number of thiazole rings is 1. The number of amides is 3. The molecule has 0 spiro atoms. The Labute approximate surface area is 451 Å². The van der Waals surface area contributed by atoms with Gasteiger partial charge in [0.05, 0.1) is 17.3 Å². The number of aliphatic hydroxyl groups excluding tert-OH is 2. The third-order valence-electron chi connectivity index (χ3n) is 13.7. The fourth-order valence-electron chi connectivity index (χ4n) is 10.1. The summed E-state index contributed by atoms with van der Waals surface area (Å²) in [6.45, 7) is 3.08. The third kappa shape index (κ3) is 9.52. The second kappa shape index (κ2) is 21.2. The number of nitrogens with one attached hydrogen (secondary N) is 3. The largest absolute Gasteiger partial charge is 0.508 e. The van der Waals surface area contributed by atoms with Crippen molar-refractivity contribution >= 4 is 105 Å². The van der Waals surface area contributed by atoms with Crippen LogP contribution in [0.3, 0.4) is 0 Å². The molecule has 76 heavy (non-hydrogen) atoms. The highest BCUT2D eigenvalue weighted by atomic mass is 32.2. The normalized spacial score (nSPS) is 26.6. The Hall–Kier alpha value is -6.37.